The first kappa shape index (κ1) is 15.4. The van der Waals surface area contributed by atoms with Crippen molar-refractivity contribution < 1.29 is 14.6 Å². The second-order valence-corrected chi connectivity index (χ2v) is 6.24. The Morgan fingerprint density at radius 2 is 2.10 bits per heavy atom. The summed E-state index contributed by atoms with van der Waals surface area (Å²) in [6.07, 6.45) is 0. The molecule has 0 radical (unpaired) electrons. The highest BCUT2D eigenvalue weighted by molar-refractivity contribution is 7.17. The number of phenols is 1. The summed E-state index contributed by atoms with van der Waals surface area (Å²) in [7, 11) is 1.51. The number of nitrogens with one attached hydrogen (secondary N) is 1. The molecule has 1 aromatic heterocycles. The topological polar surface area (TPSA) is 58.6 Å². The van der Waals surface area contributed by atoms with E-state index in [1.54, 1.807) is 18.2 Å². The van der Waals surface area contributed by atoms with E-state index in [1.165, 1.54) is 18.4 Å². The molecule has 1 amide bonds. The van der Waals surface area contributed by atoms with E-state index < -0.39 is 0 Å². The van der Waals surface area contributed by atoms with Crippen LogP contribution < -0.4 is 10.1 Å². The fraction of sp³-hybridized carbons (Fsp3) is 0.312. The normalized spacial score (nSPS) is 10.7. The number of thiophene rings is 1. The van der Waals surface area contributed by atoms with E-state index in [2.05, 4.69) is 19.2 Å². The van der Waals surface area contributed by atoms with Crippen molar-refractivity contribution >= 4 is 17.2 Å². The molecule has 1 aromatic carbocycles. The first-order valence-electron chi connectivity index (χ1n) is 6.76. The van der Waals surface area contributed by atoms with E-state index in [1.807, 2.05) is 12.1 Å². The Hall–Kier alpha value is -2.01. The van der Waals surface area contributed by atoms with E-state index >= 15 is 0 Å². The predicted molar refractivity (Wildman–Crippen MR) is 85.1 cm³/mol. The number of rotatable bonds is 5. The molecular formula is C16H19NO3S. The number of hydrogen-bond acceptors (Lipinski definition) is 4. The number of carbonyl (C=O) groups excluding carboxylic acids is 1. The van der Waals surface area contributed by atoms with Gasteiger partial charge in [-0.3, -0.25) is 4.79 Å². The van der Waals surface area contributed by atoms with Crippen molar-refractivity contribution in [1.29, 1.82) is 0 Å². The molecule has 2 rings (SSSR count). The van der Waals surface area contributed by atoms with Crippen LogP contribution >= 0.6 is 11.3 Å². The summed E-state index contributed by atoms with van der Waals surface area (Å²) < 4.78 is 5.10. The lowest BCUT2D eigenvalue weighted by molar-refractivity contribution is 0.0953. The third kappa shape index (κ3) is 3.76. The van der Waals surface area contributed by atoms with Gasteiger partial charge in [0.1, 0.15) is 0 Å². The van der Waals surface area contributed by atoms with Gasteiger partial charge in [0, 0.05) is 11.4 Å². The van der Waals surface area contributed by atoms with Gasteiger partial charge in [-0.15, -0.1) is 11.3 Å². The Balaban J connectivity index is 2.18. The van der Waals surface area contributed by atoms with Gasteiger partial charge in [0.25, 0.3) is 5.91 Å². The van der Waals surface area contributed by atoms with Gasteiger partial charge < -0.3 is 15.2 Å². The lowest BCUT2D eigenvalue weighted by Crippen LogP contribution is -2.26. The van der Waals surface area contributed by atoms with Crippen molar-refractivity contribution in [1.82, 2.24) is 5.32 Å². The van der Waals surface area contributed by atoms with Gasteiger partial charge in [-0.25, -0.2) is 0 Å². The van der Waals surface area contributed by atoms with Crippen LogP contribution in [0.15, 0.2) is 30.3 Å². The van der Waals surface area contributed by atoms with Gasteiger partial charge in [0.05, 0.1) is 12.0 Å². The SMILES string of the molecule is COc1cc(-c2ccc(C(=O)NCC(C)C)s2)ccc1O. The van der Waals surface area contributed by atoms with Gasteiger partial charge >= 0.3 is 0 Å². The average molecular weight is 305 g/mol. The molecule has 0 aliphatic heterocycles. The molecule has 1 heterocycles. The fourth-order valence-electron chi connectivity index (χ4n) is 1.83. The molecule has 0 bridgehead atoms. The van der Waals surface area contributed by atoms with Crippen LogP contribution in [0, 0.1) is 5.92 Å². The summed E-state index contributed by atoms with van der Waals surface area (Å²) in [5.74, 6) is 0.903. The van der Waals surface area contributed by atoms with Crippen molar-refractivity contribution in [2.45, 2.75) is 13.8 Å². The van der Waals surface area contributed by atoms with Gasteiger partial charge in [-0.05, 0) is 41.8 Å². The molecule has 2 aromatic rings. The maximum Gasteiger partial charge on any atom is 0.261 e. The van der Waals surface area contributed by atoms with Crippen LogP contribution in [0.4, 0.5) is 0 Å². The number of ether oxygens (including phenoxy) is 1. The van der Waals surface area contributed by atoms with E-state index in [-0.39, 0.29) is 11.7 Å². The average Bonchev–Trinajstić information content (AvgIpc) is 2.95. The third-order valence-electron chi connectivity index (χ3n) is 2.96. The highest BCUT2D eigenvalue weighted by Crippen LogP contribution is 2.34. The number of carbonyl (C=O) groups is 1. The van der Waals surface area contributed by atoms with E-state index in [9.17, 15) is 9.90 Å². The van der Waals surface area contributed by atoms with Gasteiger partial charge in [-0.2, -0.15) is 0 Å². The fourth-order valence-corrected chi connectivity index (χ4v) is 2.75. The van der Waals surface area contributed by atoms with Crippen molar-refractivity contribution in [3.8, 4) is 21.9 Å². The minimum atomic E-state index is -0.0503. The number of hydrogen-bond donors (Lipinski definition) is 2. The highest BCUT2D eigenvalue weighted by atomic mass is 32.1. The van der Waals surface area contributed by atoms with Crippen LogP contribution in [0.2, 0.25) is 0 Å². The third-order valence-corrected chi connectivity index (χ3v) is 4.10. The molecule has 0 fully saturated rings. The lowest BCUT2D eigenvalue weighted by Gasteiger charge is -2.06. The minimum absolute atomic E-state index is 0.0503. The van der Waals surface area contributed by atoms with Crippen LogP contribution in [-0.4, -0.2) is 24.7 Å². The maximum atomic E-state index is 12.0. The maximum absolute atomic E-state index is 12.0. The largest absolute Gasteiger partial charge is 0.504 e. The molecule has 0 aliphatic rings. The Labute approximate surface area is 128 Å². The molecular weight excluding hydrogens is 286 g/mol. The van der Waals surface area contributed by atoms with Crippen molar-refractivity contribution in [2.75, 3.05) is 13.7 Å². The van der Waals surface area contributed by atoms with Crippen LogP contribution in [-0.2, 0) is 0 Å². The first-order chi connectivity index (χ1) is 10.0. The van der Waals surface area contributed by atoms with Crippen molar-refractivity contribution in [3.05, 3.63) is 35.2 Å². The number of phenolic OH excluding ortho intramolecular Hbond substituents is 1. The quantitative estimate of drug-likeness (QED) is 0.888. The van der Waals surface area contributed by atoms with Crippen LogP contribution in [0.1, 0.15) is 23.5 Å². The molecule has 0 atom stereocenters. The highest BCUT2D eigenvalue weighted by Gasteiger charge is 2.12. The summed E-state index contributed by atoms with van der Waals surface area (Å²) >= 11 is 1.42. The molecule has 2 N–H and O–H groups in total. The summed E-state index contributed by atoms with van der Waals surface area (Å²) in [6.45, 7) is 4.78. The second-order valence-electron chi connectivity index (χ2n) is 5.15. The van der Waals surface area contributed by atoms with Crippen LogP contribution in [0.3, 0.4) is 0 Å². The zero-order valence-electron chi connectivity index (χ0n) is 12.3. The molecule has 0 spiro atoms. The summed E-state index contributed by atoms with van der Waals surface area (Å²) in [6, 6.07) is 8.87. The van der Waals surface area contributed by atoms with Crippen molar-refractivity contribution in [3.63, 3.8) is 0 Å². The Morgan fingerprint density at radius 1 is 1.33 bits per heavy atom. The molecule has 4 nitrogen and oxygen atoms in total. The predicted octanol–water partition coefficient (Wildman–Crippen LogP) is 3.52. The van der Waals surface area contributed by atoms with Gasteiger partial charge in [0.2, 0.25) is 0 Å². The standard InChI is InChI=1S/C16H19NO3S/c1-10(2)9-17-16(19)15-7-6-14(21-15)11-4-5-12(18)13(8-11)20-3/h4-8,10,18H,9H2,1-3H3,(H,17,19). The van der Waals surface area contributed by atoms with E-state index in [4.69, 9.17) is 4.74 Å². The Morgan fingerprint density at radius 3 is 2.76 bits per heavy atom. The summed E-state index contributed by atoms with van der Waals surface area (Å²) in [5.41, 5.74) is 0.914. The summed E-state index contributed by atoms with van der Waals surface area (Å²) in [4.78, 5) is 13.6. The molecule has 0 saturated carbocycles. The van der Waals surface area contributed by atoms with Gasteiger partial charge in [-0.1, -0.05) is 13.8 Å². The Bertz CT molecular complexity index is 634. The molecule has 5 heteroatoms. The second kappa shape index (κ2) is 6.63. The smallest absolute Gasteiger partial charge is 0.261 e. The first-order valence-corrected chi connectivity index (χ1v) is 7.58. The van der Waals surface area contributed by atoms with Crippen molar-refractivity contribution in [2.24, 2.45) is 5.92 Å². The zero-order valence-corrected chi connectivity index (χ0v) is 13.2. The molecule has 0 saturated heterocycles. The van der Waals surface area contributed by atoms with Gasteiger partial charge in [0.15, 0.2) is 11.5 Å². The zero-order chi connectivity index (χ0) is 15.4. The van der Waals surface area contributed by atoms with E-state index in [0.717, 1.165) is 10.4 Å². The molecule has 112 valence electrons. The lowest BCUT2D eigenvalue weighted by atomic mass is 10.1. The molecule has 21 heavy (non-hydrogen) atoms. The van der Waals surface area contributed by atoms with Crippen LogP contribution in [0.25, 0.3) is 10.4 Å². The number of benzene rings is 1. The summed E-state index contributed by atoms with van der Waals surface area (Å²) in [5, 5.41) is 12.5. The Kier molecular flexibility index (Phi) is 4.85. The molecule has 0 aliphatic carbocycles. The number of methoxy groups -OCH3 is 1. The molecule has 0 unspecified atom stereocenters. The monoisotopic (exact) mass is 305 g/mol. The van der Waals surface area contributed by atoms with Crippen LogP contribution in [0.5, 0.6) is 11.5 Å². The van der Waals surface area contributed by atoms with E-state index in [0.29, 0.717) is 23.1 Å². The number of amides is 1. The minimum Gasteiger partial charge on any atom is -0.504 e. The number of aromatic hydroxyl groups is 1.